The number of nitrogens with zero attached hydrogens (tertiary/aromatic N) is 4. The van der Waals surface area contributed by atoms with E-state index in [0.29, 0.717) is 55.7 Å². The van der Waals surface area contributed by atoms with Crippen molar-refractivity contribution in [1.29, 1.82) is 0 Å². The van der Waals surface area contributed by atoms with Crippen molar-refractivity contribution < 1.29 is 23.5 Å². The van der Waals surface area contributed by atoms with Crippen molar-refractivity contribution in [2.24, 2.45) is 11.3 Å². The fraction of sp³-hybridized carbons (Fsp3) is 0.600. The minimum absolute atomic E-state index is 0.0290. The molecule has 10 heteroatoms. The molecule has 2 heterocycles. The molecule has 50 heavy (non-hydrogen) atoms. The zero-order valence-electron chi connectivity index (χ0n) is 30.5. The molecule has 0 unspecified atom stereocenters. The van der Waals surface area contributed by atoms with E-state index in [1.54, 1.807) is 19.4 Å². The molecule has 7 rings (SSSR count). The summed E-state index contributed by atoms with van der Waals surface area (Å²) in [5, 5.41) is 7.27. The normalized spacial score (nSPS) is 24.6. The Balaban J connectivity index is 1.22. The summed E-state index contributed by atoms with van der Waals surface area (Å²) in [6.07, 6.45) is 14.9. The lowest BCUT2D eigenvalue weighted by Gasteiger charge is -2.55. The molecule has 0 radical (unpaired) electrons. The van der Waals surface area contributed by atoms with Crippen molar-refractivity contribution in [2.75, 3.05) is 25.1 Å². The van der Waals surface area contributed by atoms with Gasteiger partial charge in [-0.25, -0.2) is 14.2 Å². The Hall–Kier alpha value is -3.95. The van der Waals surface area contributed by atoms with E-state index in [1.807, 2.05) is 29.6 Å². The molecule has 4 aliphatic rings. The third-order valence-electron chi connectivity index (χ3n) is 11.8. The van der Waals surface area contributed by atoms with E-state index in [9.17, 15) is 9.59 Å². The number of ether oxygens (including phenoxy) is 2. The number of carbonyl (C=O) groups is 2. The highest BCUT2D eigenvalue weighted by molar-refractivity contribution is 5.95. The number of nitrogens with one attached hydrogen (secondary N) is 1. The van der Waals surface area contributed by atoms with E-state index in [-0.39, 0.29) is 40.9 Å². The first kappa shape index (κ1) is 35.9. The van der Waals surface area contributed by atoms with Crippen molar-refractivity contribution in [2.45, 2.75) is 122 Å². The van der Waals surface area contributed by atoms with Crippen LogP contribution in [-0.4, -0.2) is 53.1 Å². The molecule has 0 aliphatic heterocycles. The molecule has 2 amide bonds. The van der Waals surface area contributed by atoms with Gasteiger partial charge in [-0.15, -0.1) is 0 Å². The van der Waals surface area contributed by atoms with Crippen LogP contribution < -0.4 is 15.0 Å². The van der Waals surface area contributed by atoms with Crippen molar-refractivity contribution in [1.82, 2.24) is 20.1 Å². The second-order valence-electron chi connectivity index (χ2n) is 15.4. The van der Waals surface area contributed by atoms with E-state index in [2.05, 4.69) is 47.4 Å². The molecule has 1 aromatic carbocycles. The monoisotopic (exact) mass is 687 g/mol. The lowest BCUT2D eigenvalue weighted by molar-refractivity contribution is -0.124. The quantitative estimate of drug-likeness (QED) is 0.191. The zero-order chi connectivity index (χ0) is 35.5. The molecule has 0 saturated heterocycles. The van der Waals surface area contributed by atoms with Crippen LogP contribution in [0.3, 0.4) is 0 Å². The van der Waals surface area contributed by atoms with Crippen LogP contribution >= 0.6 is 0 Å². The molecule has 270 valence electrons. The summed E-state index contributed by atoms with van der Waals surface area (Å²) >= 11 is 0. The number of hydrogen-bond donors (Lipinski definition) is 1. The lowest BCUT2D eigenvalue weighted by Crippen LogP contribution is -2.52. The van der Waals surface area contributed by atoms with Gasteiger partial charge in [-0.3, -0.25) is 14.4 Å². The number of pyridine rings is 1. The summed E-state index contributed by atoms with van der Waals surface area (Å²) in [4.78, 5) is 33.3. The number of aryl methyl sites for hydroxylation is 1. The van der Waals surface area contributed by atoms with Gasteiger partial charge in [-0.05, 0) is 125 Å². The van der Waals surface area contributed by atoms with Crippen LogP contribution in [0.25, 0.3) is 11.1 Å². The Morgan fingerprint density at radius 2 is 1.78 bits per heavy atom. The molecule has 3 aromatic rings. The first-order valence-electron chi connectivity index (χ1n) is 18.7. The van der Waals surface area contributed by atoms with Gasteiger partial charge in [0.25, 0.3) is 0 Å². The fourth-order valence-corrected chi connectivity index (χ4v) is 8.51. The minimum atomic E-state index is -0.438. The molecule has 2 bridgehead atoms. The van der Waals surface area contributed by atoms with Crippen molar-refractivity contribution >= 4 is 17.8 Å². The second-order valence-corrected chi connectivity index (χ2v) is 15.4. The minimum Gasteiger partial charge on any atom is -0.496 e. The standard InChI is InChI=1S/C40H54FN5O4/c1-6-7-20-42-38(48)50-32-11-8-29(9-12-32)37(47)45(36-22-33(34(41)24-43-36)30-23-44-46(25-30)27(2)3)26-39-14-17-40(18-15-39,19-16-39)31-10-13-35(49-5)28(4)21-31/h10,13,21-25,27,29,32H,6-9,11-12,14-20,26H2,1-5H3,(H,42,48). The molecule has 0 atom stereocenters. The zero-order valence-corrected chi connectivity index (χ0v) is 30.5. The maximum Gasteiger partial charge on any atom is 0.407 e. The number of alkyl carbamates (subject to hydrolysis) is 1. The van der Waals surface area contributed by atoms with Gasteiger partial charge in [0.05, 0.1) is 19.5 Å². The van der Waals surface area contributed by atoms with E-state index >= 15 is 4.39 Å². The third kappa shape index (κ3) is 7.54. The van der Waals surface area contributed by atoms with E-state index in [1.165, 1.54) is 11.8 Å². The molecule has 4 aliphatic carbocycles. The van der Waals surface area contributed by atoms with Crippen molar-refractivity contribution in [3.63, 3.8) is 0 Å². The summed E-state index contributed by atoms with van der Waals surface area (Å²) in [5.41, 5.74) is 3.72. The van der Waals surface area contributed by atoms with Crippen LogP contribution in [0.2, 0.25) is 0 Å². The van der Waals surface area contributed by atoms with Crippen LogP contribution in [0.1, 0.15) is 115 Å². The summed E-state index contributed by atoms with van der Waals surface area (Å²) in [5.74, 6) is 0.773. The Labute approximate surface area is 296 Å². The number of methoxy groups -OCH3 is 1. The number of rotatable bonds is 12. The molecule has 2 aromatic heterocycles. The summed E-state index contributed by atoms with van der Waals surface area (Å²) in [6, 6.07) is 8.50. The SMILES string of the molecule is CCCCNC(=O)OC1CCC(C(=O)N(CC23CCC(c4ccc(OC)c(C)c4)(CC2)CC3)c2cc(-c3cnn(C(C)C)c3)c(F)cn2)CC1. The third-order valence-corrected chi connectivity index (χ3v) is 11.8. The van der Waals surface area contributed by atoms with Gasteiger partial charge in [0.15, 0.2) is 0 Å². The maximum absolute atomic E-state index is 15.4. The van der Waals surface area contributed by atoms with Crippen molar-refractivity contribution in [3.05, 3.63) is 59.8 Å². The first-order valence-corrected chi connectivity index (χ1v) is 18.7. The molecule has 4 fully saturated rings. The van der Waals surface area contributed by atoms with Gasteiger partial charge >= 0.3 is 6.09 Å². The number of unbranched alkanes of at least 4 members (excludes halogenated alkanes) is 1. The highest BCUT2D eigenvalue weighted by atomic mass is 19.1. The predicted octanol–water partition coefficient (Wildman–Crippen LogP) is 8.69. The summed E-state index contributed by atoms with van der Waals surface area (Å²) in [6.45, 7) is 9.41. The van der Waals surface area contributed by atoms with E-state index in [4.69, 9.17) is 9.47 Å². The summed E-state index contributed by atoms with van der Waals surface area (Å²) in [7, 11) is 1.72. The van der Waals surface area contributed by atoms with Crippen LogP contribution in [0.4, 0.5) is 15.0 Å². The Bertz CT molecular complexity index is 1640. The number of anilines is 1. The van der Waals surface area contributed by atoms with Crippen LogP contribution in [0, 0.1) is 24.1 Å². The molecule has 1 N–H and O–H groups in total. The molecule has 0 spiro atoms. The van der Waals surface area contributed by atoms with Crippen LogP contribution in [-0.2, 0) is 14.9 Å². The number of amides is 2. The first-order chi connectivity index (χ1) is 24.0. The molecular formula is C40H54FN5O4. The fourth-order valence-electron chi connectivity index (χ4n) is 8.51. The number of benzene rings is 1. The highest BCUT2D eigenvalue weighted by Gasteiger charge is 2.51. The van der Waals surface area contributed by atoms with E-state index < -0.39 is 5.82 Å². The molecule has 4 saturated carbocycles. The predicted molar refractivity (Wildman–Crippen MR) is 193 cm³/mol. The van der Waals surface area contributed by atoms with Gasteiger partial charge in [0.2, 0.25) is 5.91 Å². The highest BCUT2D eigenvalue weighted by Crippen LogP contribution is 2.58. The smallest absolute Gasteiger partial charge is 0.407 e. The Morgan fingerprint density at radius 3 is 2.40 bits per heavy atom. The maximum atomic E-state index is 15.4. The van der Waals surface area contributed by atoms with Crippen molar-refractivity contribution in [3.8, 4) is 16.9 Å². The van der Waals surface area contributed by atoms with Gasteiger partial charge in [0, 0.05) is 42.4 Å². The number of fused-ring (bicyclic) bond motifs is 3. The van der Waals surface area contributed by atoms with E-state index in [0.717, 1.165) is 62.7 Å². The van der Waals surface area contributed by atoms with Gasteiger partial charge < -0.3 is 14.8 Å². The largest absolute Gasteiger partial charge is 0.496 e. The average Bonchev–Trinajstić information content (AvgIpc) is 3.63. The van der Waals surface area contributed by atoms with Gasteiger partial charge in [-0.1, -0.05) is 25.5 Å². The number of carbonyl (C=O) groups excluding carboxylic acids is 2. The van der Waals surface area contributed by atoms with Crippen LogP contribution in [0.15, 0.2) is 42.9 Å². The van der Waals surface area contributed by atoms with Gasteiger partial charge in [0.1, 0.15) is 23.5 Å². The topological polar surface area (TPSA) is 98.6 Å². The lowest BCUT2D eigenvalue weighted by atomic mass is 9.51. The average molecular weight is 688 g/mol. The summed E-state index contributed by atoms with van der Waals surface area (Å²) < 4.78 is 28.4. The number of aromatic nitrogens is 3. The molecule has 9 nitrogen and oxygen atoms in total. The van der Waals surface area contributed by atoms with Crippen LogP contribution in [0.5, 0.6) is 5.75 Å². The van der Waals surface area contributed by atoms with Gasteiger partial charge in [-0.2, -0.15) is 5.10 Å². The Morgan fingerprint density at radius 1 is 1.06 bits per heavy atom. The number of halogens is 1. The Kier molecular flexibility index (Phi) is 10.8. The molecular weight excluding hydrogens is 633 g/mol. The number of hydrogen-bond acceptors (Lipinski definition) is 6. The second kappa shape index (κ2) is 15.1.